The minimum Gasteiger partial charge on any atom is -0.311 e. The lowest BCUT2D eigenvalue weighted by Gasteiger charge is -2.27. The highest BCUT2D eigenvalue weighted by Gasteiger charge is 2.35. The van der Waals surface area contributed by atoms with E-state index in [2.05, 4.69) is 33.6 Å². The number of rotatable bonds is 4. The number of nitrogens with zero attached hydrogens (tertiary/aromatic N) is 4. The van der Waals surface area contributed by atoms with Gasteiger partial charge in [0, 0.05) is 47.5 Å². The normalized spacial score (nSPS) is 21.9. The van der Waals surface area contributed by atoms with E-state index in [9.17, 15) is 4.79 Å². The number of benzene rings is 1. The van der Waals surface area contributed by atoms with E-state index in [1.165, 1.54) is 39.0 Å². The van der Waals surface area contributed by atoms with Crippen molar-refractivity contribution in [2.75, 3.05) is 5.32 Å². The number of carbonyl (C=O) groups is 1. The van der Waals surface area contributed by atoms with E-state index >= 15 is 0 Å². The summed E-state index contributed by atoms with van der Waals surface area (Å²) in [4.78, 5) is 21.7. The Bertz CT molecular complexity index is 1300. The predicted octanol–water partition coefficient (Wildman–Crippen LogP) is 5.71. The van der Waals surface area contributed by atoms with Gasteiger partial charge in [0.05, 0.1) is 11.9 Å². The second-order valence-electron chi connectivity index (χ2n) is 9.55. The Hall–Kier alpha value is -3.54. The molecule has 2 bridgehead atoms. The SMILES string of the molecule is CC(=O)Nc1cc(C2C[C@H]3CC[C@@H](C2)C3)nc2c(-c3ccc(-c4ccccc4)nc3)cnn12. The van der Waals surface area contributed by atoms with Gasteiger partial charge >= 0.3 is 0 Å². The second-order valence-corrected chi connectivity index (χ2v) is 9.55. The summed E-state index contributed by atoms with van der Waals surface area (Å²) < 4.78 is 1.74. The first-order valence-corrected chi connectivity index (χ1v) is 11.8. The Labute approximate surface area is 193 Å². The first-order chi connectivity index (χ1) is 16.1. The van der Waals surface area contributed by atoms with Crippen molar-refractivity contribution >= 4 is 17.4 Å². The predicted molar refractivity (Wildman–Crippen MR) is 129 cm³/mol. The second kappa shape index (κ2) is 8.10. The summed E-state index contributed by atoms with van der Waals surface area (Å²) in [6, 6.07) is 16.3. The average Bonchev–Trinajstić information content (AvgIpc) is 3.42. The fourth-order valence-electron chi connectivity index (χ4n) is 5.75. The van der Waals surface area contributed by atoms with Gasteiger partial charge in [-0.1, -0.05) is 49.2 Å². The van der Waals surface area contributed by atoms with E-state index in [4.69, 9.17) is 4.98 Å². The summed E-state index contributed by atoms with van der Waals surface area (Å²) in [5.41, 5.74) is 5.74. The fourth-order valence-corrected chi connectivity index (χ4v) is 5.75. The lowest BCUT2D eigenvalue weighted by atomic mass is 9.79. The molecule has 2 aliphatic carbocycles. The van der Waals surface area contributed by atoms with Crippen LogP contribution in [0.2, 0.25) is 0 Å². The molecular formula is C27H27N5O. The Balaban J connectivity index is 1.41. The molecule has 3 heterocycles. The molecule has 1 unspecified atom stereocenters. The lowest BCUT2D eigenvalue weighted by Crippen LogP contribution is -2.17. The van der Waals surface area contributed by atoms with Gasteiger partial charge < -0.3 is 5.32 Å². The maximum Gasteiger partial charge on any atom is 0.222 e. The molecular weight excluding hydrogens is 410 g/mol. The number of pyridine rings is 1. The molecule has 2 fully saturated rings. The van der Waals surface area contributed by atoms with Crippen LogP contribution in [0.25, 0.3) is 28.0 Å². The van der Waals surface area contributed by atoms with Crippen molar-refractivity contribution in [2.24, 2.45) is 11.8 Å². The monoisotopic (exact) mass is 437 g/mol. The van der Waals surface area contributed by atoms with Crippen molar-refractivity contribution in [2.45, 2.75) is 44.9 Å². The van der Waals surface area contributed by atoms with Crippen LogP contribution in [0.4, 0.5) is 5.82 Å². The number of hydrogen-bond donors (Lipinski definition) is 1. The van der Waals surface area contributed by atoms with Gasteiger partial charge in [-0.15, -0.1) is 0 Å². The van der Waals surface area contributed by atoms with E-state index < -0.39 is 0 Å². The van der Waals surface area contributed by atoms with Crippen LogP contribution in [0.1, 0.15) is 50.6 Å². The van der Waals surface area contributed by atoms with Crippen LogP contribution < -0.4 is 5.32 Å². The zero-order chi connectivity index (χ0) is 22.4. The molecule has 6 nitrogen and oxygen atoms in total. The first-order valence-electron chi connectivity index (χ1n) is 11.8. The largest absolute Gasteiger partial charge is 0.311 e. The lowest BCUT2D eigenvalue weighted by molar-refractivity contribution is -0.114. The number of carbonyl (C=O) groups excluding carboxylic acids is 1. The third kappa shape index (κ3) is 3.80. The average molecular weight is 438 g/mol. The van der Waals surface area contributed by atoms with E-state index in [1.54, 1.807) is 4.52 Å². The molecule has 2 saturated carbocycles. The van der Waals surface area contributed by atoms with Crippen LogP contribution in [0, 0.1) is 11.8 Å². The Morgan fingerprint density at radius 3 is 2.45 bits per heavy atom. The molecule has 1 amide bonds. The van der Waals surface area contributed by atoms with Gasteiger partial charge in [-0.25, -0.2) is 4.98 Å². The maximum atomic E-state index is 11.9. The topological polar surface area (TPSA) is 72.2 Å². The van der Waals surface area contributed by atoms with Crippen molar-refractivity contribution in [3.8, 4) is 22.4 Å². The highest BCUT2D eigenvalue weighted by molar-refractivity contribution is 5.89. The molecule has 0 radical (unpaired) electrons. The van der Waals surface area contributed by atoms with Crippen molar-refractivity contribution in [1.82, 2.24) is 19.6 Å². The number of hydrogen-bond acceptors (Lipinski definition) is 4. The minimum absolute atomic E-state index is 0.108. The van der Waals surface area contributed by atoms with Crippen molar-refractivity contribution in [3.63, 3.8) is 0 Å². The molecule has 33 heavy (non-hydrogen) atoms. The zero-order valence-electron chi connectivity index (χ0n) is 18.7. The third-order valence-corrected chi connectivity index (χ3v) is 7.24. The Morgan fingerprint density at radius 1 is 0.970 bits per heavy atom. The number of anilines is 1. The summed E-state index contributed by atoms with van der Waals surface area (Å²) in [5.74, 6) is 2.64. The Morgan fingerprint density at radius 2 is 1.76 bits per heavy atom. The van der Waals surface area contributed by atoms with Crippen LogP contribution in [0.5, 0.6) is 0 Å². The van der Waals surface area contributed by atoms with Crippen LogP contribution >= 0.6 is 0 Å². The van der Waals surface area contributed by atoms with Crippen molar-refractivity contribution in [3.05, 3.63) is 66.6 Å². The molecule has 3 atom stereocenters. The van der Waals surface area contributed by atoms with Gasteiger partial charge in [0.2, 0.25) is 5.91 Å². The molecule has 1 N–H and O–H groups in total. The summed E-state index contributed by atoms with van der Waals surface area (Å²) >= 11 is 0. The standard InChI is InChI=1S/C27H27N5O/c1-17(33)30-26-14-25(22-12-18-7-8-19(11-18)13-22)31-27-23(16-29-32(26)27)21-9-10-24(28-15-21)20-5-3-2-4-6-20/h2-6,9-10,14-16,18-19,22H,7-8,11-13H2,1H3,(H,30,33)/t18-,19+,22?. The highest BCUT2D eigenvalue weighted by Crippen LogP contribution is 2.48. The number of nitrogens with one attached hydrogen (secondary N) is 1. The summed E-state index contributed by atoms with van der Waals surface area (Å²) in [5, 5.41) is 7.54. The molecule has 0 aliphatic heterocycles. The van der Waals surface area contributed by atoms with Gasteiger partial charge in [-0.3, -0.25) is 9.78 Å². The van der Waals surface area contributed by atoms with E-state index in [0.717, 1.165) is 45.6 Å². The van der Waals surface area contributed by atoms with Crippen LogP contribution in [0.15, 0.2) is 60.9 Å². The Kier molecular flexibility index (Phi) is 4.93. The first kappa shape index (κ1) is 20.1. The van der Waals surface area contributed by atoms with Crippen LogP contribution in [0.3, 0.4) is 0 Å². The van der Waals surface area contributed by atoms with E-state index in [0.29, 0.717) is 11.7 Å². The smallest absolute Gasteiger partial charge is 0.222 e. The summed E-state index contributed by atoms with van der Waals surface area (Å²) in [6.45, 7) is 1.53. The highest BCUT2D eigenvalue weighted by atomic mass is 16.1. The number of aromatic nitrogens is 4. The maximum absolute atomic E-state index is 11.9. The zero-order valence-corrected chi connectivity index (χ0v) is 18.7. The molecule has 1 aromatic carbocycles. The van der Waals surface area contributed by atoms with Gasteiger partial charge in [0.25, 0.3) is 0 Å². The van der Waals surface area contributed by atoms with Crippen LogP contribution in [-0.4, -0.2) is 25.5 Å². The quantitative estimate of drug-likeness (QED) is 0.444. The molecule has 0 spiro atoms. The summed E-state index contributed by atoms with van der Waals surface area (Å²) in [7, 11) is 0. The van der Waals surface area contributed by atoms with Gasteiger partial charge in [-0.05, 0) is 37.2 Å². The molecule has 0 saturated heterocycles. The van der Waals surface area contributed by atoms with Crippen molar-refractivity contribution in [1.29, 1.82) is 0 Å². The molecule has 166 valence electrons. The molecule has 2 aliphatic rings. The minimum atomic E-state index is -0.108. The number of amides is 1. The van der Waals surface area contributed by atoms with Gasteiger partial charge in [0.1, 0.15) is 5.82 Å². The van der Waals surface area contributed by atoms with Gasteiger partial charge in [-0.2, -0.15) is 9.61 Å². The van der Waals surface area contributed by atoms with E-state index in [-0.39, 0.29) is 5.91 Å². The van der Waals surface area contributed by atoms with Crippen molar-refractivity contribution < 1.29 is 4.79 Å². The molecule has 6 rings (SSSR count). The molecule has 3 aromatic heterocycles. The number of fused-ring (bicyclic) bond motifs is 3. The van der Waals surface area contributed by atoms with Gasteiger partial charge in [0.15, 0.2) is 5.65 Å². The fraction of sp³-hybridized carbons (Fsp3) is 0.333. The molecule has 6 heteroatoms. The van der Waals surface area contributed by atoms with E-state index in [1.807, 2.05) is 42.7 Å². The third-order valence-electron chi connectivity index (χ3n) is 7.24. The van der Waals surface area contributed by atoms with Crippen LogP contribution in [-0.2, 0) is 4.79 Å². The summed E-state index contributed by atoms with van der Waals surface area (Å²) in [6.07, 6.45) is 10.1. The molecule has 4 aromatic rings.